The van der Waals surface area contributed by atoms with Gasteiger partial charge in [-0.15, -0.1) is 0 Å². The summed E-state index contributed by atoms with van der Waals surface area (Å²) in [5.41, 5.74) is 1.58. The van der Waals surface area contributed by atoms with Crippen molar-refractivity contribution in [2.75, 3.05) is 20.2 Å². The number of aliphatic imine (C=N–C) groups is 1. The molecule has 8 heteroatoms. The third-order valence-electron chi connectivity index (χ3n) is 6.45. The number of unbranched alkanes of at least 4 members (excludes halogenated alkanes) is 2. The van der Waals surface area contributed by atoms with Gasteiger partial charge in [0.25, 0.3) is 0 Å². The molecule has 0 atom stereocenters. The summed E-state index contributed by atoms with van der Waals surface area (Å²) >= 11 is 6.32. The number of benzene rings is 1. The van der Waals surface area contributed by atoms with Crippen LogP contribution in [0.3, 0.4) is 0 Å². The number of carbonyl (C=O) groups excluding carboxylic acids is 2. The molecule has 31 heavy (non-hydrogen) atoms. The summed E-state index contributed by atoms with van der Waals surface area (Å²) in [6.07, 6.45) is 9.41. The number of carbonyl (C=O) groups is 2. The topological polar surface area (TPSA) is 74.2 Å². The normalized spacial score (nSPS) is 18.2. The summed E-state index contributed by atoms with van der Waals surface area (Å²) < 4.78 is 6.03. The molecule has 1 aliphatic carbocycles. The number of amides is 2. The van der Waals surface area contributed by atoms with E-state index in [1.165, 1.54) is 19.3 Å². The fourth-order valence-corrected chi connectivity index (χ4v) is 4.82. The monoisotopic (exact) mass is 446 g/mol. The van der Waals surface area contributed by atoms with Crippen molar-refractivity contribution in [2.45, 2.75) is 70.4 Å². The zero-order valence-electron chi connectivity index (χ0n) is 18.2. The number of fused-ring (bicyclic) bond motifs is 2. The van der Waals surface area contributed by atoms with Gasteiger partial charge in [-0.25, -0.2) is 4.99 Å². The third-order valence-corrected chi connectivity index (χ3v) is 6.76. The fraction of sp³-hybridized carbons (Fsp3) is 0.609. The van der Waals surface area contributed by atoms with Crippen LogP contribution in [0.15, 0.2) is 17.1 Å². The van der Waals surface area contributed by atoms with Crippen molar-refractivity contribution in [3.63, 3.8) is 0 Å². The van der Waals surface area contributed by atoms with Gasteiger partial charge in [-0.1, -0.05) is 30.9 Å². The van der Waals surface area contributed by atoms with Gasteiger partial charge < -0.3 is 14.5 Å². The highest BCUT2D eigenvalue weighted by Crippen LogP contribution is 2.39. The molecule has 2 heterocycles. The number of nitrogens with one attached hydrogen (secondary N) is 1. The predicted molar refractivity (Wildman–Crippen MR) is 121 cm³/mol. The Morgan fingerprint density at radius 1 is 1.23 bits per heavy atom. The molecule has 0 spiro atoms. The first-order chi connectivity index (χ1) is 15.0. The lowest BCUT2D eigenvalue weighted by atomic mass is 9.94. The molecule has 0 aromatic heterocycles. The summed E-state index contributed by atoms with van der Waals surface area (Å²) in [5.74, 6) is 1.52. The minimum atomic E-state index is -0.0613. The zero-order chi connectivity index (χ0) is 21.8. The average molecular weight is 447 g/mol. The Labute approximate surface area is 188 Å². The van der Waals surface area contributed by atoms with Crippen LogP contribution in [-0.4, -0.2) is 53.8 Å². The van der Waals surface area contributed by atoms with E-state index in [0.717, 1.165) is 43.4 Å². The molecular weight excluding hydrogens is 416 g/mol. The minimum Gasteiger partial charge on any atom is -0.493 e. The van der Waals surface area contributed by atoms with Gasteiger partial charge in [-0.2, -0.15) is 0 Å². The van der Waals surface area contributed by atoms with E-state index in [1.807, 2.05) is 22.9 Å². The van der Waals surface area contributed by atoms with Crippen LogP contribution < -0.4 is 10.1 Å². The molecule has 168 valence electrons. The van der Waals surface area contributed by atoms with E-state index in [1.54, 1.807) is 6.07 Å². The highest BCUT2D eigenvalue weighted by molar-refractivity contribution is 6.33. The second-order valence-electron chi connectivity index (χ2n) is 8.67. The van der Waals surface area contributed by atoms with Crippen molar-refractivity contribution >= 4 is 35.1 Å². The number of halogens is 1. The van der Waals surface area contributed by atoms with Crippen molar-refractivity contribution in [2.24, 2.45) is 4.99 Å². The molecule has 1 N–H and O–H groups in total. The number of nitrogens with zero attached hydrogens (tertiary/aromatic N) is 3. The van der Waals surface area contributed by atoms with Crippen molar-refractivity contribution in [3.05, 3.63) is 22.7 Å². The van der Waals surface area contributed by atoms with E-state index in [9.17, 15) is 9.59 Å². The highest BCUT2D eigenvalue weighted by Gasteiger charge is 2.31. The summed E-state index contributed by atoms with van der Waals surface area (Å²) in [5, 5.41) is 3.31. The molecule has 2 fully saturated rings. The second-order valence-corrected chi connectivity index (χ2v) is 9.08. The molecule has 1 saturated carbocycles. The Bertz CT molecular complexity index is 867. The van der Waals surface area contributed by atoms with E-state index in [0.29, 0.717) is 48.8 Å². The molecule has 0 unspecified atom stereocenters. The van der Waals surface area contributed by atoms with Crippen molar-refractivity contribution in [1.82, 2.24) is 15.1 Å². The van der Waals surface area contributed by atoms with Crippen molar-refractivity contribution < 1.29 is 14.3 Å². The van der Waals surface area contributed by atoms with E-state index < -0.39 is 0 Å². The van der Waals surface area contributed by atoms with Gasteiger partial charge in [0.2, 0.25) is 17.8 Å². The summed E-state index contributed by atoms with van der Waals surface area (Å²) in [6, 6.07) is 4.09. The quantitative estimate of drug-likeness (QED) is 0.612. The number of guanidine groups is 1. The van der Waals surface area contributed by atoms with Crippen LogP contribution in [0, 0.1) is 0 Å². The molecule has 2 aliphatic heterocycles. The number of hydrogen-bond donors (Lipinski definition) is 1. The van der Waals surface area contributed by atoms with Crippen LogP contribution in [0.5, 0.6) is 5.75 Å². The molecule has 0 radical (unpaired) electrons. The fourth-order valence-electron chi connectivity index (χ4n) is 4.60. The van der Waals surface area contributed by atoms with Gasteiger partial charge >= 0.3 is 0 Å². The van der Waals surface area contributed by atoms with Crippen molar-refractivity contribution in [1.29, 1.82) is 0 Å². The lowest BCUT2D eigenvalue weighted by Gasteiger charge is -2.31. The zero-order valence-corrected chi connectivity index (χ0v) is 18.9. The third kappa shape index (κ3) is 5.14. The van der Waals surface area contributed by atoms with Crippen LogP contribution >= 0.6 is 11.6 Å². The maximum absolute atomic E-state index is 12.4. The molecule has 1 saturated heterocycles. The van der Waals surface area contributed by atoms with Gasteiger partial charge in [0, 0.05) is 25.1 Å². The minimum absolute atomic E-state index is 0.0613. The maximum atomic E-state index is 12.4. The van der Waals surface area contributed by atoms with Crippen molar-refractivity contribution in [3.8, 4) is 5.75 Å². The largest absolute Gasteiger partial charge is 0.493 e. The Morgan fingerprint density at radius 3 is 2.84 bits per heavy atom. The lowest BCUT2D eigenvalue weighted by molar-refractivity contribution is -0.132. The summed E-state index contributed by atoms with van der Waals surface area (Å²) in [6.45, 7) is 1.42. The smallest absolute Gasteiger partial charge is 0.246 e. The number of hydrogen-bond acceptors (Lipinski definition) is 5. The number of rotatable bonds is 8. The van der Waals surface area contributed by atoms with Gasteiger partial charge in [-0.3, -0.25) is 14.9 Å². The van der Waals surface area contributed by atoms with Gasteiger partial charge in [0.05, 0.1) is 23.9 Å². The first-order valence-electron chi connectivity index (χ1n) is 11.4. The molecular formula is C23H31ClN4O3. The van der Waals surface area contributed by atoms with Crippen LogP contribution in [-0.2, 0) is 16.1 Å². The molecule has 7 nitrogen and oxygen atoms in total. The molecule has 2 amide bonds. The summed E-state index contributed by atoms with van der Waals surface area (Å²) in [4.78, 5) is 32.5. The SMILES string of the molecule is CN(C(=O)CCCCCOc1ccc(Cl)c2c1CN1CC(=O)NC1=N2)C1CCCCC1. The predicted octanol–water partition coefficient (Wildman–Crippen LogP) is 4.00. The number of ether oxygens (including phenoxy) is 1. The van der Waals surface area contributed by atoms with Gasteiger partial charge in [0.15, 0.2) is 0 Å². The summed E-state index contributed by atoms with van der Waals surface area (Å²) in [7, 11) is 1.96. The first-order valence-corrected chi connectivity index (χ1v) is 11.7. The second kappa shape index (κ2) is 9.90. The van der Waals surface area contributed by atoms with Crippen LogP contribution in [0.25, 0.3) is 0 Å². The lowest BCUT2D eigenvalue weighted by Crippen LogP contribution is -2.38. The van der Waals surface area contributed by atoms with E-state index in [4.69, 9.17) is 16.3 Å². The Balaban J connectivity index is 1.22. The Morgan fingerprint density at radius 2 is 2.03 bits per heavy atom. The first kappa shape index (κ1) is 21.9. The highest BCUT2D eigenvalue weighted by atomic mass is 35.5. The average Bonchev–Trinajstić information content (AvgIpc) is 3.15. The molecule has 3 aliphatic rings. The standard InChI is InChI=1S/C23H31ClN4O3/c1-27(16-8-4-2-5-9-16)21(30)10-6-3-7-13-31-19-12-11-18(24)22-17(19)14-28-15-20(29)25-23(28)26-22/h11-12,16H,2-10,13-15H2,1H3,(H,25,26,29). The molecule has 0 bridgehead atoms. The Kier molecular flexibility index (Phi) is 7.00. The van der Waals surface area contributed by atoms with E-state index >= 15 is 0 Å². The maximum Gasteiger partial charge on any atom is 0.246 e. The van der Waals surface area contributed by atoms with Crippen LogP contribution in [0.1, 0.15) is 63.4 Å². The van der Waals surface area contributed by atoms with Crippen LogP contribution in [0.4, 0.5) is 5.69 Å². The van der Waals surface area contributed by atoms with Gasteiger partial charge in [0.1, 0.15) is 12.3 Å². The van der Waals surface area contributed by atoms with E-state index in [-0.39, 0.29) is 11.8 Å². The van der Waals surface area contributed by atoms with Gasteiger partial charge in [-0.05, 0) is 44.2 Å². The molecule has 1 aromatic carbocycles. The molecule has 4 rings (SSSR count). The Hall–Kier alpha value is -2.28. The van der Waals surface area contributed by atoms with E-state index in [2.05, 4.69) is 10.3 Å². The van der Waals surface area contributed by atoms with Crippen LogP contribution in [0.2, 0.25) is 5.02 Å². The molecule has 1 aromatic rings.